The zero-order chi connectivity index (χ0) is 17.8. The van der Waals surface area contributed by atoms with Crippen LogP contribution in [0.3, 0.4) is 0 Å². The second kappa shape index (κ2) is 8.33. The molecule has 1 atom stereocenters. The van der Waals surface area contributed by atoms with Gasteiger partial charge in [0.1, 0.15) is 10.7 Å². The van der Waals surface area contributed by atoms with Gasteiger partial charge in [0.05, 0.1) is 11.1 Å². The van der Waals surface area contributed by atoms with E-state index in [1.165, 1.54) is 10.4 Å². The average molecular weight is 381 g/mol. The van der Waals surface area contributed by atoms with E-state index >= 15 is 0 Å². The van der Waals surface area contributed by atoms with Crippen LogP contribution in [-0.4, -0.2) is 34.7 Å². The highest BCUT2D eigenvalue weighted by Gasteiger charge is 2.21. The molecule has 4 N–H and O–H groups in total. The Kier molecular flexibility index (Phi) is 6.14. The molecular formula is C17H24N4O2S2. The van der Waals surface area contributed by atoms with Crippen LogP contribution < -0.4 is 16.6 Å². The van der Waals surface area contributed by atoms with Gasteiger partial charge in [0, 0.05) is 23.6 Å². The number of carbonyl (C=O) groups excluding carboxylic acids is 1. The van der Waals surface area contributed by atoms with Gasteiger partial charge in [-0.05, 0) is 37.3 Å². The van der Waals surface area contributed by atoms with Crippen LogP contribution in [0.1, 0.15) is 36.0 Å². The van der Waals surface area contributed by atoms with E-state index in [4.69, 9.17) is 5.73 Å². The van der Waals surface area contributed by atoms with Gasteiger partial charge in [0.25, 0.3) is 5.56 Å². The Morgan fingerprint density at radius 3 is 3.12 bits per heavy atom. The molecule has 1 aliphatic carbocycles. The van der Waals surface area contributed by atoms with Crippen LogP contribution in [0.5, 0.6) is 0 Å². The predicted molar refractivity (Wildman–Crippen MR) is 104 cm³/mol. The molecule has 8 heteroatoms. The van der Waals surface area contributed by atoms with Crippen LogP contribution >= 0.6 is 23.1 Å². The third kappa shape index (κ3) is 4.43. The molecule has 1 amide bonds. The Morgan fingerprint density at radius 2 is 2.32 bits per heavy atom. The first kappa shape index (κ1) is 18.4. The summed E-state index contributed by atoms with van der Waals surface area (Å²) in [5.74, 6) is 2.34. The van der Waals surface area contributed by atoms with Crippen LogP contribution in [0, 0.1) is 5.92 Å². The van der Waals surface area contributed by atoms with Gasteiger partial charge in [-0.2, -0.15) is 11.8 Å². The third-order valence-electron chi connectivity index (χ3n) is 4.39. The molecule has 0 aliphatic heterocycles. The number of nitrogens with two attached hydrogens (primary N) is 1. The van der Waals surface area contributed by atoms with Crippen molar-refractivity contribution in [1.29, 1.82) is 0 Å². The lowest BCUT2D eigenvalue weighted by Crippen LogP contribution is -2.31. The Balaban J connectivity index is 1.51. The number of amides is 1. The van der Waals surface area contributed by atoms with Crippen LogP contribution in [-0.2, 0) is 23.4 Å². The molecule has 6 nitrogen and oxygen atoms in total. The average Bonchev–Trinajstić information content (AvgIpc) is 3.17. The number of thiophene rings is 1. The van der Waals surface area contributed by atoms with Gasteiger partial charge in [0.2, 0.25) is 5.91 Å². The van der Waals surface area contributed by atoms with Crippen LogP contribution in [0.15, 0.2) is 4.79 Å². The standard InChI is InChI=1S/C17H24N4O2S2/c1-10(7-18)8-19-14(22)5-6-24-9-13-20-16(23)15-11-3-2-4-12(11)25-17(15)21-13/h10H,2-9,18H2,1H3,(H,19,22)(H,20,21,23). The van der Waals surface area contributed by atoms with Crippen molar-refractivity contribution in [3.63, 3.8) is 0 Å². The number of aromatic nitrogens is 2. The molecule has 0 aromatic carbocycles. The van der Waals surface area contributed by atoms with E-state index in [1.54, 1.807) is 23.1 Å². The smallest absolute Gasteiger partial charge is 0.259 e. The lowest BCUT2D eigenvalue weighted by atomic mass is 10.2. The third-order valence-corrected chi connectivity index (χ3v) is 6.54. The number of fused-ring (bicyclic) bond motifs is 3. The lowest BCUT2D eigenvalue weighted by Gasteiger charge is -2.09. The first-order valence-corrected chi connectivity index (χ1v) is 10.6. The molecule has 2 heterocycles. The maximum atomic E-state index is 12.4. The number of H-pyrrole nitrogens is 1. The summed E-state index contributed by atoms with van der Waals surface area (Å²) < 4.78 is 0. The highest BCUT2D eigenvalue weighted by atomic mass is 32.2. The van der Waals surface area contributed by atoms with Crippen LogP contribution in [0.4, 0.5) is 0 Å². The van der Waals surface area contributed by atoms with Crippen molar-refractivity contribution in [2.24, 2.45) is 11.7 Å². The molecule has 3 rings (SSSR count). The maximum absolute atomic E-state index is 12.4. The highest BCUT2D eigenvalue weighted by molar-refractivity contribution is 7.98. The maximum Gasteiger partial charge on any atom is 0.259 e. The fraction of sp³-hybridized carbons (Fsp3) is 0.588. The first-order valence-electron chi connectivity index (χ1n) is 8.66. The SMILES string of the molecule is CC(CN)CNC(=O)CCSCc1nc2sc3c(c2c(=O)[nH]1)CCC3. The molecule has 2 aromatic rings. The fourth-order valence-electron chi connectivity index (χ4n) is 2.91. The summed E-state index contributed by atoms with van der Waals surface area (Å²) in [6, 6.07) is 0. The second-order valence-corrected chi connectivity index (χ2v) is 8.69. The summed E-state index contributed by atoms with van der Waals surface area (Å²) in [4.78, 5) is 33.8. The molecule has 0 saturated carbocycles. The summed E-state index contributed by atoms with van der Waals surface area (Å²) in [5, 5.41) is 3.67. The van der Waals surface area contributed by atoms with E-state index in [-0.39, 0.29) is 11.5 Å². The lowest BCUT2D eigenvalue weighted by molar-refractivity contribution is -0.120. The summed E-state index contributed by atoms with van der Waals surface area (Å²) in [5.41, 5.74) is 6.71. The minimum atomic E-state index is -0.0199. The number of nitrogens with zero attached hydrogens (tertiary/aromatic N) is 1. The number of aromatic amines is 1. The zero-order valence-electron chi connectivity index (χ0n) is 14.4. The topological polar surface area (TPSA) is 101 Å². The molecule has 25 heavy (non-hydrogen) atoms. The predicted octanol–water partition coefficient (Wildman–Crippen LogP) is 1.81. The monoisotopic (exact) mass is 380 g/mol. The Labute approximate surface area is 155 Å². The van der Waals surface area contributed by atoms with Crippen LogP contribution in [0.2, 0.25) is 0 Å². The van der Waals surface area contributed by atoms with Crippen LogP contribution in [0.25, 0.3) is 10.2 Å². The number of nitrogens with one attached hydrogen (secondary N) is 2. The fourth-order valence-corrected chi connectivity index (χ4v) is 4.99. The molecule has 0 spiro atoms. The largest absolute Gasteiger partial charge is 0.356 e. The number of carbonyl (C=O) groups is 1. The van der Waals surface area contributed by atoms with Crippen molar-refractivity contribution >= 4 is 39.2 Å². The Bertz CT molecular complexity index is 815. The normalized spacial score (nSPS) is 14.6. The van der Waals surface area contributed by atoms with Gasteiger partial charge >= 0.3 is 0 Å². The summed E-state index contributed by atoms with van der Waals surface area (Å²) in [6.07, 6.45) is 3.66. The van der Waals surface area contributed by atoms with Crippen molar-refractivity contribution in [3.8, 4) is 0 Å². The van der Waals surface area contributed by atoms with E-state index in [0.717, 1.165) is 29.5 Å². The zero-order valence-corrected chi connectivity index (χ0v) is 16.0. The molecule has 136 valence electrons. The molecule has 0 fully saturated rings. The Hall–Kier alpha value is -1.38. The van der Waals surface area contributed by atoms with Gasteiger partial charge in [-0.3, -0.25) is 9.59 Å². The number of rotatable bonds is 8. The number of hydrogen-bond donors (Lipinski definition) is 3. The molecule has 0 bridgehead atoms. The van der Waals surface area contributed by atoms with E-state index < -0.39 is 0 Å². The van der Waals surface area contributed by atoms with E-state index in [0.29, 0.717) is 42.8 Å². The number of aryl methyl sites for hydroxylation is 2. The molecule has 2 aromatic heterocycles. The van der Waals surface area contributed by atoms with Crippen molar-refractivity contribution in [2.75, 3.05) is 18.8 Å². The molecule has 1 aliphatic rings. The van der Waals surface area contributed by atoms with Crippen molar-refractivity contribution in [3.05, 3.63) is 26.6 Å². The van der Waals surface area contributed by atoms with Crippen molar-refractivity contribution in [1.82, 2.24) is 15.3 Å². The van der Waals surface area contributed by atoms with Crippen molar-refractivity contribution < 1.29 is 4.79 Å². The summed E-state index contributed by atoms with van der Waals surface area (Å²) in [6.45, 7) is 3.20. The molecule has 0 saturated heterocycles. The van der Waals surface area contributed by atoms with Gasteiger partial charge in [-0.25, -0.2) is 4.98 Å². The second-order valence-electron chi connectivity index (χ2n) is 6.50. The van der Waals surface area contributed by atoms with E-state index in [9.17, 15) is 9.59 Å². The van der Waals surface area contributed by atoms with Gasteiger partial charge < -0.3 is 16.0 Å². The van der Waals surface area contributed by atoms with Crippen molar-refractivity contribution in [2.45, 2.75) is 38.4 Å². The number of thioether (sulfide) groups is 1. The highest BCUT2D eigenvalue weighted by Crippen LogP contribution is 2.34. The van der Waals surface area contributed by atoms with Gasteiger partial charge in [-0.15, -0.1) is 11.3 Å². The van der Waals surface area contributed by atoms with Gasteiger partial charge in [0.15, 0.2) is 0 Å². The first-order chi connectivity index (χ1) is 12.1. The van der Waals surface area contributed by atoms with E-state index in [2.05, 4.69) is 15.3 Å². The molecule has 0 radical (unpaired) electrons. The number of hydrogen-bond acceptors (Lipinski definition) is 6. The Morgan fingerprint density at radius 1 is 1.48 bits per heavy atom. The molecular weight excluding hydrogens is 356 g/mol. The quantitative estimate of drug-likeness (QED) is 0.606. The van der Waals surface area contributed by atoms with Gasteiger partial charge in [-0.1, -0.05) is 6.92 Å². The minimum Gasteiger partial charge on any atom is -0.356 e. The summed E-state index contributed by atoms with van der Waals surface area (Å²) in [7, 11) is 0. The summed E-state index contributed by atoms with van der Waals surface area (Å²) >= 11 is 3.26. The molecule has 1 unspecified atom stereocenters. The minimum absolute atomic E-state index is 0.0199. The van der Waals surface area contributed by atoms with E-state index in [1.807, 2.05) is 6.92 Å².